The Morgan fingerprint density at radius 2 is 2.16 bits per heavy atom. The number of benzene rings is 1. The second kappa shape index (κ2) is 8.68. The predicted octanol–water partition coefficient (Wildman–Crippen LogP) is 3.33. The highest BCUT2D eigenvalue weighted by Crippen LogP contribution is 2.30. The molecule has 1 aromatic carbocycles. The van der Waals surface area contributed by atoms with Crippen LogP contribution in [-0.4, -0.2) is 10.2 Å². The van der Waals surface area contributed by atoms with Crippen LogP contribution < -0.4 is 17.2 Å². The molecular formula is C17H20FN5S2. The van der Waals surface area contributed by atoms with Gasteiger partial charge in [-0.25, -0.2) is 14.4 Å². The van der Waals surface area contributed by atoms with E-state index in [9.17, 15) is 4.39 Å². The number of halogens is 1. The smallest absolute Gasteiger partial charge is 0.161 e. The Kier molecular flexibility index (Phi) is 6.60. The zero-order valence-corrected chi connectivity index (χ0v) is 15.5. The molecule has 0 aliphatic carbocycles. The number of nitrogens with two attached hydrogens (primary N) is 3. The first-order valence-corrected chi connectivity index (χ1v) is 9.32. The Hall–Kier alpha value is -2.32. The molecule has 0 radical (unpaired) electrons. The van der Waals surface area contributed by atoms with E-state index in [1.807, 2.05) is 6.07 Å². The molecule has 0 saturated heterocycles. The summed E-state index contributed by atoms with van der Waals surface area (Å²) in [4.78, 5) is 9.82. The van der Waals surface area contributed by atoms with Crippen LogP contribution in [0.2, 0.25) is 0 Å². The lowest BCUT2D eigenvalue weighted by Gasteiger charge is -2.01. The number of aliphatic imine (C=N–C) groups is 1. The zero-order chi connectivity index (χ0) is 18.4. The summed E-state index contributed by atoms with van der Waals surface area (Å²) in [7, 11) is 0. The van der Waals surface area contributed by atoms with Gasteiger partial charge in [0.25, 0.3) is 0 Å². The van der Waals surface area contributed by atoms with Crippen molar-refractivity contribution in [1.82, 2.24) is 4.98 Å². The van der Waals surface area contributed by atoms with Gasteiger partial charge in [0, 0.05) is 28.0 Å². The normalized spacial score (nSPS) is 12.4. The standard InChI is InChI=1S/C17H20FN5S2/c1-3-14-13(9-24-17(21)23-15(20)7-10(2)19)22-16(25-14)11-5-4-6-12(18)8-11/h4-8H,2-3,9,19-20H2,1H3,(H2,21,23)/b15-7-. The number of rotatable bonds is 6. The minimum atomic E-state index is -0.276. The summed E-state index contributed by atoms with van der Waals surface area (Å²) in [5, 5.41) is 1.11. The second-order valence-electron chi connectivity index (χ2n) is 5.14. The number of allylic oxidation sites excluding steroid dienone is 1. The van der Waals surface area contributed by atoms with Crippen molar-refractivity contribution in [2.75, 3.05) is 0 Å². The monoisotopic (exact) mass is 377 g/mol. The molecule has 1 heterocycles. The molecule has 0 fully saturated rings. The molecule has 2 rings (SSSR count). The Balaban J connectivity index is 2.15. The Morgan fingerprint density at radius 1 is 1.40 bits per heavy atom. The van der Waals surface area contributed by atoms with Gasteiger partial charge in [0.15, 0.2) is 5.17 Å². The van der Waals surface area contributed by atoms with Crippen molar-refractivity contribution in [3.05, 3.63) is 64.8 Å². The summed E-state index contributed by atoms with van der Waals surface area (Å²) < 4.78 is 13.4. The van der Waals surface area contributed by atoms with E-state index >= 15 is 0 Å². The number of aromatic nitrogens is 1. The van der Waals surface area contributed by atoms with Crippen LogP contribution in [0.4, 0.5) is 4.39 Å². The largest absolute Gasteiger partial charge is 0.399 e. The fraction of sp³-hybridized carbons (Fsp3) is 0.176. The third kappa shape index (κ3) is 5.61. The van der Waals surface area contributed by atoms with Gasteiger partial charge in [-0.2, -0.15) is 0 Å². The van der Waals surface area contributed by atoms with E-state index in [4.69, 9.17) is 17.2 Å². The fourth-order valence-corrected chi connectivity index (χ4v) is 3.84. The molecule has 6 N–H and O–H groups in total. The average molecular weight is 378 g/mol. The number of hydrogen-bond donors (Lipinski definition) is 3. The van der Waals surface area contributed by atoms with Crippen LogP contribution in [0.3, 0.4) is 0 Å². The molecule has 0 saturated carbocycles. The lowest BCUT2D eigenvalue weighted by atomic mass is 10.2. The molecule has 5 nitrogen and oxygen atoms in total. The SMILES string of the molecule is C=C(N)/C=C(N)\N=C(/N)SCc1nc(-c2cccc(F)c2)sc1CC. The van der Waals surface area contributed by atoms with E-state index in [-0.39, 0.29) is 11.6 Å². The second-order valence-corrected chi connectivity index (χ2v) is 7.21. The maximum absolute atomic E-state index is 13.4. The third-order valence-corrected chi connectivity index (χ3v) is 5.20. The van der Waals surface area contributed by atoms with Crippen molar-refractivity contribution in [3.63, 3.8) is 0 Å². The Bertz CT molecular complexity index is 826. The van der Waals surface area contributed by atoms with E-state index in [0.29, 0.717) is 16.6 Å². The summed E-state index contributed by atoms with van der Waals surface area (Å²) in [5.41, 5.74) is 19.0. The molecule has 2 aromatic rings. The van der Waals surface area contributed by atoms with Crippen LogP contribution in [0.5, 0.6) is 0 Å². The molecule has 0 aliphatic rings. The van der Waals surface area contributed by atoms with Gasteiger partial charge in [0.2, 0.25) is 0 Å². The molecule has 8 heteroatoms. The topological polar surface area (TPSA) is 103 Å². The molecular weight excluding hydrogens is 357 g/mol. The summed E-state index contributed by atoms with van der Waals surface area (Å²) in [6.07, 6.45) is 2.28. The van der Waals surface area contributed by atoms with Gasteiger partial charge in [-0.05, 0) is 18.6 Å². The summed E-state index contributed by atoms with van der Waals surface area (Å²) in [5.74, 6) is 0.481. The lowest BCUT2D eigenvalue weighted by Crippen LogP contribution is -2.10. The Morgan fingerprint density at radius 3 is 2.80 bits per heavy atom. The van der Waals surface area contributed by atoms with Crippen molar-refractivity contribution in [2.45, 2.75) is 19.1 Å². The predicted molar refractivity (Wildman–Crippen MR) is 105 cm³/mol. The number of thiazole rings is 1. The molecule has 0 spiro atoms. The van der Waals surface area contributed by atoms with Crippen molar-refractivity contribution >= 4 is 28.3 Å². The maximum atomic E-state index is 13.4. The van der Waals surface area contributed by atoms with Gasteiger partial charge >= 0.3 is 0 Å². The molecule has 25 heavy (non-hydrogen) atoms. The molecule has 1 aromatic heterocycles. The van der Waals surface area contributed by atoms with Crippen LogP contribution in [-0.2, 0) is 12.2 Å². The highest BCUT2D eigenvalue weighted by atomic mass is 32.2. The van der Waals surface area contributed by atoms with Crippen LogP contribution in [0.1, 0.15) is 17.5 Å². The quantitative estimate of drug-likeness (QED) is 0.407. The number of thioether (sulfide) groups is 1. The number of aryl methyl sites for hydroxylation is 1. The highest BCUT2D eigenvalue weighted by molar-refractivity contribution is 8.13. The van der Waals surface area contributed by atoms with E-state index < -0.39 is 0 Å². The first kappa shape index (κ1) is 19.0. The van der Waals surface area contributed by atoms with Gasteiger partial charge in [0.1, 0.15) is 16.6 Å². The van der Waals surface area contributed by atoms with Crippen molar-refractivity contribution in [1.29, 1.82) is 0 Å². The number of nitrogens with zero attached hydrogens (tertiary/aromatic N) is 2. The number of hydrogen-bond acceptors (Lipinski definition) is 6. The molecule has 132 valence electrons. The molecule has 0 aliphatic heterocycles. The molecule has 0 unspecified atom stereocenters. The van der Waals surface area contributed by atoms with Crippen LogP contribution >= 0.6 is 23.1 Å². The molecule has 0 bridgehead atoms. The molecule has 0 atom stereocenters. The zero-order valence-electron chi connectivity index (χ0n) is 13.8. The van der Waals surface area contributed by atoms with Crippen LogP contribution in [0.15, 0.2) is 53.4 Å². The van der Waals surface area contributed by atoms with Crippen molar-refractivity contribution in [3.8, 4) is 10.6 Å². The first-order valence-electron chi connectivity index (χ1n) is 7.52. The minimum absolute atomic E-state index is 0.201. The summed E-state index contributed by atoms with van der Waals surface area (Å²) >= 11 is 2.89. The first-order chi connectivity index (χ1) is 11.9. The number of amidine groups is 1. The van der Waals surface area contributed by atoms with Crippen LogP contribution in [0, 0.1) is 5.82 Å². The maximum Gasteiger partial charge on any atom is 0.161 e. The van der Waals surface area contributed by atoms with E-state index in [2.05, 4.69) is 23.5 Å². The van der Waals surface area contributed by atoms with Crippen molar-refractivity contribution < 1.29 is 4.39 Å². The average Bonchev–Trinajstić information content (AvgIpc) is 2.95. The summed E-state index contributed by atoms with van der Waals surface area (Å²) in [6.45, 7) is 5.58. The van der Waals surface area contributed by atoms with Gasteiger partial charge < -0.3 is 17.2 Å². The third-order valence-electron chi connectivity index (χ3n) is 3.10. The van der Waals surface area contributed by atoms with Gasteiger partial charge in [-0.15, -0.1) is 11.3 Å². The summed E-state index contributed by atoms with van der Waals surface area (Å²) in [6, 6.07) is 6.42. The van der Waals surface area contributed by atoms with E-state index in [0.717, 1.165) is 27.6 Å². The fourth-order valence-electron chi connectivity index (χ4n) is 2.04. The van der Waals surface area contributed by atoms with E-state index in [1.165, 1.54) is 30.0 Å². The van der Waals surface area contributed by atoms with Gasteiger partial charge in [-0.1, -0.05) is 37.4 Å². The lowest BCUT2D eigenvalue weighted by molar-refractivity contribution is 0.628. The van der Waals surface area contributed by atoms with Gasteiger partial charge in [-0.3, -0.25) is 0 Å². The van der Waals surface area contributed by atoms with E-state index in [1.54, 1.807) is 17.4 Å². The Labute approximate surface area is 154 Å². The minimum Gasteiger partial charge on any atom is -0.399 e. The molecule has 0 amide bonds. The van der Waals surface area contributed by atoms with Crippen molar-refractivity contribution in [2.24, 2.45) is 22.2 Å². The van der Waals surface area contributed by atoms with Crippen LogP contribution in [0.25, 0.3) is 10.6 Å². The highest BCUT2D eigenvalue weighted by Gasteiger charge is 2.12. The van der Waals surface area contributed by atoms with Gasteiger partial charge in [0.05, 0.1) is 5.69 Å².